The van der Waals surface area contributed by atoms with Crippen LogP contribution in [0.3, 0.4) is 0 Å². The predicted octanol–water partition coefficient (Wildman–Crippen LogP) is 2.13. The van der Waals surface area contributed by atoms with E-state index in [9.17, 15) is 14.0 Å². The van der Waals surface area contributed by atoms with Crippen molar-refractivity contribution in [3.8, 4) is 0 Å². The number of carbonyl (C=O) groups excluding carboxylic acids is 2. The molecule has 0 aliphatic carbocycles. The van der Waals surface area contributed by atoms with E-state index in [2.05, 4.69) is 5.32 Å². The van der Waals surface area contributed by atoms with Gasteiger partial charge in [0.2, 0.25) is 0 Å². The summed E-state index contributed by atoms with van der Waals surface area (Å²) in [5.74, 6) is 0.593. The number of thioether (sulfide) groups is 1. The monoisotopic (exact) mass is 251 g/mol. The Morgan fingerprint density at radius 1 is 1.44 bits per heavy atom. The Bertz CT molecular complexity index is 253. The van der Waals surface area contributed by atoms with E-state index in [1.165, 1.54) is 11.8 Å². The lowest BCUT2D eigenvalue weighted by atomic mass is 10.2. The molecule has 0 fully saturated rings. The van der Waals surface area contributed by atoms with Crippen molar-refractivity contribution in [2.75, 3.05) is 12.0 Å². The first kappa shape index (κ1) is 15.2. The number of carbonyl (C=O) groups is 2. The maximum Gasteiger partial charge on any atom is 0.408 e. The first-order valence-electron chi connectivity index (χ1n) is 4.94. The molecular formula is C10H18FNO3S. The summed E-state index contributed by atoms with van der Waals surface area (Å²) in [5.41, 5.74) is -0.659. The van der Waals surface area contributed by atoms with Crippen LogP contribution in [0.5, 0.6) is 0 Å². The largest absolute Gasteiger partial charge is 0.444 e. The molecule has 0 aromatic carbocycles. The van der Waals surface area contributed by atoms with Crippen molar-refractivity contribution in [2.45, 2.75) is 38.8 Å². The van der Waals surface area contributed by atoms with E-state index >= 15 is 0 Å². The molecule has 0 rings (SSSR count). The fourth-order valence-electron chi connectivity index (χ4n) is 0.928. The molecule has 6 heteroatoms. The zero-order valence-electron chi connectivity index (χ0n) is 10.0. The van der Waals surface area contributed by atoms with E-state index in [0.717, 1.165) is 0 Å². The van der Waals surface area contributed by atoms with Crippen molar-refractivity contribution >= 4 is 23.9 Å². The zero-order chi connectivity index (χ0) is 12.8. The Balaban J connectivity index is 4.19. The van der Waals surface area contributed by atoms with Crippen LogP contribution in [-0.2, 0) is 9.53 Å². The van der Waals surface area contributed by atoms with Gasteiger partial charge in [0.15, 0.2) is 0 Å². The van der Waals surface area contributed by atoms with E-state index < -0.39 is 23.8 Å². The lowest BCUT2D eigenvalue weighted by Gasteiger charge is -2.21. The van der Waals surface area contributed by atoms with Crippen LogP contribution in [0.2, 0.25) is 0 Å². The number of hydrogen-bond acceptors (Lipinski definition) is 4. The highest BCUT2D eigenvalue weighted by Crippen LogP contribution is 2.08. The van der Waals surface area contributed by atoms with Gasteiger partial charge in [0.05, 0.1) is 0 Å². The fourth-order valence-corrected chi connectivity index (χ4v) is 1.40. The summed E-state index contributed by atoms with van der Waals surface area (Å²) in [6.07, 6.45) is 1.33. The summed E-state index contributed by atoms with van der Waals surface area (Å²) in [5, 5.41) is 2.21. The number of halogens is 1. The number of hydrogen-bond donors (Lipinski definition) is 1. The van der Waals surface area contributed by atoms with Gasteiger partial charge in [-0.3, -0.25) is 4.79 Å². The van der Waals surface area contributed by atoms with Crippen LogP contribution in [0.15, 0.2) is 0 Å². The molecule has 0 bridgehead atoms. The van der Waals surface area contributed by atoms with Crippen molar-refractivity contribution in [1.82, 2.24) is 5.32 Å². The lowest BCUT2D eigenvalue weighted by Crippen LogP contribution is -2.42. The smallest absolute Gasteiger partial charge is 0.408 e. The molecule has 0 heterocycles. The molecule has 0 unspecified atom stereocenters. The van der Waals surface area contributed by atoms with Crippen LogP contribution in [-0.4, -0.2) is 35.8 Å². The van der Waals surface area contributed by atoms with Gasteiger partial charge in [-0.15, -0.1) is 0 Å². The summed E-state index contributed by atoms with van der Waals surface area (Å²) >= 11 is 1.48. The minimum Gasteiger partial charge on any atom is -0.444 e. The van der Waals surface area contributed by atoms with Gasteiger partial charge in [0.25, 0.3) is 0 Å². The van der Waals surface area contributed by atoms with Crippen LogP contribution in [0.4, 0.5) is 9.18 Å². The molecule has 1 atom stereocenters. The van der Waals surface area contributed by atoms with Gasteiger partial charge in [0, 0.05) is 0 Å². The molecule has 0 aliphatic rings. The van der Waals surface area contributed by atoms with Crippen molar-refractivity contribution in [3.63, 3.8) is 0 Å². The minimum atomic E-state index is -1.54. The van der Waals surface area contributed by atoms with Gasteiger partial charge in [0.1, 0.15) is 11.6 Å². The molecule has 0 saturated heterocycles. The van der Waals surface area contributed by atoms with Gasteiger partial charge in [-0.1, -0.05) is 0 Å². The third-order valence-electron chi connectivity index (χ3n) is 1.58. The van der Waals surface area contributed by atoms with Gasteiger partial charge in [-0.2, -0.15) is 16.2 Å². The molecule has 0 aromatic heterocycles. The molecular weight excluding hydrogens is 233 g/mol. The van der Waals surface area contributed by atoms with Crippen molar-refractivity contribution in [3.05, 3.63) is 0 Å². The van der Waals surface area contributed by atoms with Crippen molar-refractivity contribution in [1.29, 1.82) is 0 Å². The second-order valence-electron chi connectivity index (χ2n) is 4.28. The van der Waals surface area contributed by atoms with Gasteiger partial charge in [-0.25, -0.2) is 4.79 Å². The number of amides is 1. The Morgan fingerprint density at radius 2 is 2.00 bits per heavy atom. The quantitative estimate of drug-likeness (QED) is 0.760. The second kappa shape index (κ2) is 6.73. The normalized spacial score (nSPS) is 13.1. The minimum absolute atomic E-state index is 0.260. The van der Waals surface area contributed by atoms with E-state index in [0.29, 0.717) is 5.75 Å². The maximum absolute atomic E-state index is 12.6. The Hall–Kier alpha value is -0.780. The summed E-state index contributed by atoms with van der Waals surface area (Å²) in [6.45, 7) is 5.09. The average Bonchev–Trinajstić information content (AvgIpc) is 2.08. The topological polar surface area (TPSA) is 55.4 Å². The molecule has 0 aliphatic heterocycles. The number of nitrogens with one attached hydrogen (secondary N) is 1. The summed E-state index contributed by atoms with van der Waals surface area (Å²) in [4.78, 5) is 21.9. The molecule has 0 spiro atoms. The van der Waals surface area contributed by atoms with E-state index in [-0.39, 0.29) is 6.42 Å². The predicted molar refractivity (Wildman–Crippen MR) is 62.3 cm³/mol. The molecule has 16 heavy (non-hydrogen) atoms. The van der Waals surface area contributed by atoms with Crippen molar-refractivity contribution < 1.29 is 18.7 Å². The molecule has 0 saturated carbocycles. The Kier molecular flexibility index (Phi) is 6.40. The second-order valence-corrected chi connectivity index (χ2v) is 5.27. The SMILES string of the molecule is CSCC[C@H](NC(=O)OC(C)(C)C)C(=O)F. The van der Waals surface area contributed by atoms with Crippen molar-refractivity contribution in [2.24, 2.45) is 0 Å². The molecule has 4 nitrogen and oxygen atoms in total. The number of ether oxygens (including phenoxy) is 1. The maximum atomic E-state index is 12.6. The Morgan fingerprint density at radius 3 is 2.38 bits per heavy atom. The van der Waals surface area contributed by atoms with Crippen LogP contribution in [0.25, 0.3) is 0 Å². The molecule has 94 valence electrons. The van der Waals surface area contributed by atoms with E-state index in [1.807, 2.05) is 6.26 Å². The standard InChI is InChI=1S/C10H18FNO3S/c1-10(2,3)15-9(14)12-7(8(11)13)5-6-16-4/h7H,5-6H2,1-4H3,(H,12,14)/t7-/m0/s1. The van der Waals surface area contributed by atoms with Crippen LogP contribution >= 0.6 is 11.8 Å². The van der Waals surface area contributed by atoms with Gasteiger partial charge in [-0.05, 0) is 39.2 Å². The fraction of sp³-hybridized carbons (Fsp3) is 0.800. The third kappa shape index (κ3) is 7.50. The van der Waals surface area contributed by atoms with Gasteiger partial charge >= 0.3 is 12.1 Å². The average molecular weight is 251 g/mol. The molecule has 0 aromatic rings. The number of alkyl carbamates (subject to hydrolysis) is 1. The van der Waals surface area contributed by atoms with Crippen LogP contribution in [0, 0.1) is 0 Å². The van der Waals surface area contributed by atoms with E-state index in [4.69, 9.17) is 4.74 Å². The first-order chi connectivity index (χ1) is 7.26. The van der Waals surface area contributed by atoms with E-state index in [1.54, 1.807) is 20.8 Å². The lowest BCUT2D eigenvalue weighted by molar-refractivity contribution is -0.131. The first-order valence-corrected chi connectivity index (χ1v) is 6.33. The molecule has 1 N–H and O–H groups in total. The van der Waals surface area contributed by atoms with Crippen LogP contribution in [0.1, 0.15) is 27.2 Å². The highest BCUT2D eigenvalue weighted by molar-refractivity contribution is 7.98. The highest BCUT2D eigenvalue weighted by atomic mass is 32.2. The van der Waals surface area contributed by atoms with Gasteiger partial charge < -0.3 is 10.1 Å². The van der Waals surface area contributed by atoms with Crippen LogP contribution < -0.4 is 5.32 Å². The third-order valence-corrected chi connectivity index (χ3v) is 2.22. The molecule has 1 amide bonds. The zero-order valence-corrected chi connectivity index (χ0v) is 10.8. The summed E-state index contributed by atoms with van der Waals surface area (Å²) in [7, 11) is 0. The number of rotatable bonds is 5. The summed E-state index contributed by atoms with van der Waals surface area (Å²) in [6, 6.07) is -2.65. The highest BCUT2D eigenvalue weighted by Gasteiger charge is 2.23. The Labute approximate surface area is 99.3 Å². The summed E-state index contributed by atoms with van der Waals surface area (Å²) < 4.78 is 17.5. The molecule has 0 radical (unpaired) electrons.